The van der Waals surface area contributed by atoms with Crippen LogP contribution < -0.4 is 5.73 Å². The molecule has 0 aliphatic rings. The Kier molecular flexibility index (Phi) is 2.83. The molecule has 17 heavy (non-hydrogen) atoms. The van der Waals surface area contributed by atoms with Gasteiger partial charge in [0, 0.05) is 0 Å². The Bertz CT molecular complexity index is 562. The highest BCUT2D eigenvalue weighted by Crippen LogP contribution is 2.32. The van der Waals surface area contributed by atoms with Crippen LogP contribution in [0.4, 0.5) is 5.69 Å². The summed E-state index contributed by atoms with van der Waals surface area (Å²) in [5.41, 5.74) is 7.95. The van der Waals surface area contributed by atoms with Gasteiger partial charge in [0.1, 0.15) is 5.75 Å². The highest BCUT2D eigenvalue weighted by atomic mass is 16.3. The molecule has 0 radical (unpaired) electrons. The highest BCUT2D eigenvalue weighted by molar-refractivity contribution is 6.00. The topological polar surface area (TPSA) is 63.3 Å². The van der Waals surface area contributed by atoms with Gasteiger partial charge in [0.2, 0.25) is 0 Å². The molecule has 0 heterocycles. The molecular weight excluding hydrogens is 214 g/mol. The maximum atomic E-state index is 11.4. The van der Waals surface area contributed by atoms with Gasteiger partial charge in [-0.3, -0.25) is 4.79 Å². The van der Waals surface area contributed by atoms with Crippen LogP contribution in [-0.4, -0.2) is 10.9 Å². The van der Waals surface area contributed by atoms with E-state index in [0.717, 1.165) is 11.1 Å². The van der Waals surface area contributed by atoms with Gasteiger partial charge in [0.15, 0.2) is 5.78 Å². The van der Waals surface area contributed by atoms with Crippen molar-refractivity contribution in [1.82, 2.24) is 0 Å². The number of carbonyl (C=O) groups excluding carboxylic acids is 1. The molecule has 0 saturated heterocycles. The van der Waals surface area contributed by atoms with E-state index in [1.165, 1.54) is 6.92 Å². The highest BCUT2D eigenvalue weighted by Gasteiger charge is 2.12. The van der Waals surface area contributed by atoms with Crippen LogP contribution in [0, 0.1) is 0 Å². The second-order valence-electron chi connectivity index (χ2n) is 3.88. The average Bonchev–Trinajstić information content (AvgIpc) is 2.33. The summed E-state index contributed by atoms with van der Waals surface area (Å²) in [5.74, 6) is -0.343. The maximum Gasteiger partial charge on any atom is 0.163 e. The predicted octanol–water partition coefficient (Wildman–Crippen LogP) is 2.84. The molecule has 0 bridgehead atoms. The molecule has 3 N–H and O–H groups in total. The third-order valence-corrected chi connectivity index (χ3v) is 2.63. The Morgan fingerprint density at radius 2 is 1.76 bits per heavy atom. The van der Waals surface area contributed by atoms with Crippen molar-refractivity contribution >= 4 is 11.5 Å². The number of Topliss-reactive ketones (excluding diaryl/α,β-unsaturated/α-hetero) is 1. The number of phenols is 1. The van der Waals surface area contributed by atoms with Gasteiger partial charge < -0.3 is 10.8 Å². The van der Waals surface area contributed by atoms with Crippen LogP contribution in [0.1, 0.15) is 17.3 Å². The van der Waals surface area contributed by atoms with Crippen LogP contribution >= 0.6 is 0 Å². The van der Waals surface area contributed by atoms with E-state index in [9.17, 15) is 9.90 Å². The van der Waals surface area contributed by atoms with Gasteiger partial charge in [-0.15, -0.1) is 0 Å². The lowest BCUT2D eigenvalue weighted by Crippen LogP contribution is -1.97. The van der Waals surface area contributed by atoms with Gasteiger partial charge in [-0.1, -0.05) is 30.3 Å². The van der Waals surface area contributed by atoms with Crippen molar-refractivity contribution in [3.63, 3.8) is 0 Å². The number of benzene rings is 2. The van der Waals surface area contributed by atoms with E-state index in [-0.39, 0.29) is 22.8 Å². The standard InChI is InChI=1S/C14H13NO2/c1-9(16)12-7-11(8-13(15)14(12)17)10-5-3-2-4-6-10/h2-8,17H,15H2,1H3. The lowest BCUT2D eigenvalue weighted by molar-refractivity contribution is 0.101. The molecule has 2 rings (SSSR count). The van der Waals surface area contributed by atoms with E-state index in [4.69, 9.17) is 5.73 Å². The summed E-state index contributed by atoms with van der Waals surface area (Å²) in [4.78, 5) is 11.4. The van der Waals surface area contributed by atoms with Crippen molar-refractivity contribution in [2.45, 2.75) is 6.92 Å². The van der Waals surface area contributed by atoms with Crippen LogP contribution in [0.2, 0.25) is 0 Å². The van der Waals surface area contributed by atoms with Gasteiger partial charge in [-0.2, -0.15) is 0 Å². The van der Waals surface area contributed by atoms with Crippen molar-refractivity contribution in [3.8, 4) is 16.9 Å². The number of ketones is 1. The minimum absolute atomic E-state index is 0.141. The molecule has 86 valence electrons. The number of anilines is 1. The molecule has 0 spiro atoms. The SMILES string of the molecule is CC(=O)c1cc(-c2ccccc2)cc(N)c1O. The van der Waals surface area contributed by atoms with E-state index < -0.39 is 0 Å². The second kappa shape index (κ2) is 4.29. The zero-order valence-electron chi connectivity index (χ0n) is 9.47. The van der Waals surface area contributed by atoms with Gasteiger partial charge in [-0.05, 0) is 30.2 Å². The first-order valence-electron chi connectivity index (χ1n) is 5.28. The molecule has 0 amide bonds. The quantitative estimate of drug-likeness (QED) is 0.471. The number of carbonyl (C=O) groups is 1. The smallest absolute Gasteiger partial charge is 0.163 e. The Morgan fingerprint density at radius 3 is 2.35 bits per heavy atom. The zero-order valence-corrected chi connectivity index (χ0v) is 9.47. The van der Waals surface area contributed by atoms with E-state index in [1.54, 1.807) is 12.1 Å². The van der Waals surface area contributed by atoms with Crippen LogP contribution in [0.5, 0.6) is 5.75 Å². The van der Waals surface area contributed by atoms with Crippen LogP contribution in [0.15, 0.2) is 42.5 Å². The second-order valence-corrected chi connectivity index (χ2v) is 3.88. The molecule has 0 saturated carbocycles. The monoisotopic (exact) mass is 227 g/mol. The Labute approximate surface area is 99.5 Å². The molecular formula is C14H13NO2. The fraction of sp³-hybridized carbons (Fsp3) is 0.0714. The number of nitrogen functional groups attached to an aromatic ring is 1. The first kappa shape index (κ1) is 11.2. The molecule has 2 aromatic rings. The minimum atomic E-state index is -0.202. The number of hydrogen-bond acceptors (Lipinski definition) is 3. The number of aromatic hydroxyl groups is 1. The Hall–Kier alpha value is -2.29. The van der Waals surface area contributed by atoms with Crippen molar-refractivity contribution in [1.29, 1.82) is 0 Å². The molecule has 0 aromatic heterocycles. The van der Waals surface area contributed by atoms with E-state index in [0.29, 0.717) is 0 Å². The van der Waals surface area contributed by atoms with Gasteiger partial charge in [0.25, 0.3) is 0 Å². The van der Waals surface area contributed by atoms with Crippen LogP contribution in [-0.2, 0) is 0 Å². The molecule has 0 atom stereocenters. The van der Waals surface area contributed by atoms with Crippen molar-refractivity contribution in [2.75, 3.05) is 5.73 Å². The predicted molar refractivity (Wildman–Crippen MR) is 68.0 cm³/mol. The average molecular weight is 227 g/mol. The van der Waals surface area contributed by atoms with Crippen LogP contribution in [0.25, 0.3) is 11.1 Å². The van der Waals surface area contributed by atoms with E-state index >= 15 is 0 Å². The Balaban J connectivity index is 2.61. The number of rotatable bonds is 2. The molecule has 3 nitrogen and oxygen atoms in total. The van der Waals surface area contributed by atoms with E-state index in [1.807, 2.05) is 30.3 Å². The maximum absolute atomic E-state index is 11.4. The lowest BCUT2D eigenvalue weighted by atomic mass is 10.00. The van der Waals surface area contributed by atoms with Crippen molar-refractivity contribution in [2.24, 2.45) is 0 Å². The molecule has 0 aliphatic carbocycles. The summed E-state index contributed by atoms with van der Waals surface area (Å²) in [6, 6.07) is 12.9. The number of nitrogens with two attached hydrogens (primary N) is 1. The third kappa shape index (κ3) is 2.13. The van der Waals surface area contributed by atoms with Crippen molar-refractivity contribution in [3.05, 3.63) is 48.0 Å². The summed E-state index contributed by atoms with van der Waals surface area (Å²) >= 11 is 0. The lowest BCUT2D eigenvalue weighted by Gasteiger charge is -2.08. The molecule has 0 aliphatic heterocycles. The first-order chi connectivity index (χ1) is 8.09. The fourth-order valence-electron chi connectivity index (χ4n) is 1.72. The summed E-state index contributed by atoms with van der Waals surface area (Å²) in [6.07, 6.45) is 0. The number of hydrogen-bond donors (Lipinski definition) is 2. The summed E-state index contributed by atoms with van der Waals surface area (Å²) in [5, 5.41) is 9.69. The number of phenolic OH excluding ortho intramolecular Hbond substituents is 1. The zero-order chi connectivity index (χ0) is 12.4. The molecule has 0 unspecified atom stereocenters. The molecule has 2 aromatic carbocycles. The molecule has 0 fully saturated rings. The van der Waals surface area contributed by atoms with Gasteiger partial charge in [-0.25, -0.2) is 0 Å². The Morgan fingerprint density at radius 1 is 1.12 bits per heavy atom. The van der Waals surface area contributed by atoms with Gasteiger partial charge in [0.05, 0.1) is 11.3 Å². The van der Waals surface area contributed by atoms with Gasteiger partial charge >= 0.3 is 0 Å². The summed E-state index contributed by atoms with van der Waals surface area (Å²) in [6.45, 7) is 1.41. The molecule has 3 heteroatoms. The first-order valence-corrected chi connectivity index (χ1v) is 5.28. The summed E-state index contributed by atoms with van der Waals surface area (Å²) in [7, 11) is 0. The third-order valence-electron chi connectivity index (χ3n) is 2.63. The fourth-order valence-corrected chi connectivity index (χ4v) is 1.72. The van der Waals surface area contributed by atoms with Crippen molar-refractivity contribution < 1.29 is 9.90 Å². The van der Waals surface area contributed by atoms with E-state index in [2.05, 4.69) is 0 Å². The largest absolute Gasteiger partial charge is 0.505 e. The van der Waals surface area contributed by atoms with Crippen LogP contribution in [0.3, 0.4) is 0 Å². The summed E-state index contributed by atoms with van der Waals surface area (Å²) < 4.78 is 0. The minimum Gasteiger partial charge on any atom is -0.505 e. The normalized spacial score (nSPS) is 10.2.